The van der Waals surface area contributed by atoms with Crippen LogP contribution >= 0.6 is 0 Å². The summed E-state index contributed by atoms with van der Waals surface area (Å²) in [6, 6.07) is 6.43. The number of aryl methyl sites for hydroxylation is 1. The minimum Gasteiger partial charge on any atom is -0.481 e. The van der Waals surface area contributed by atoms with Crippen molar-refractivity contribution in [1.29, 1.82) is 0 Å². The zero-order chi connectivity index (χ0) is 18.7. The van der Waals surface area contributed by atoms with Gasteiger partial charge in [0.1, 0.15) is 0 Å². The van der Waals surface area contributed by atoms with Crippen LogP contribution < -0.4 is 10.6 Å². The lowest BCUT2D eigenvalue weighted by Crippen LogP contribution is -2.25. The van der Waals surface area contributed by atoms with Gasteiger partial charge in [-0.1, -0.05) is 0 Å². The van der Waals surface area contributed by atoms with Crippen LogP contribution in [0.25, 0.3) is 0 Å². The molecular weight excluding hydrogens is 336 g/mol. The van der Waals surface area contributed by atoms with Crippen molar-refractivity contribution >= 4 is 23.5 Å². The van der Waals surface area contributed by atoms with E-state index < -0.39 is 5.97 Å². The van der Waals surface area contributed by atoms with E-state index in [-0.39, 0.29) is 24.8 Å². The highest BCUT2D eigenvalue weighted by atomic mass is 16.4. The van der Waals surface area contributed by atoms with Gasteiger partial charge in [-0.15, -0.1) is 0 Å². The van der Waals surface area contributed by atoms with E-state index in [1.165, 1.54) is 0 Å². The first-order valence-electron chi connectivity index (χ1n) is 8.39. The fourth-order valence-electron chi connectivity index (χ4n) is 2.75. The van der Waals surface area contributed by atoms with Crippen molar-refractivity contribution in [3.05, 3.63) is 47.3 Å². The van der Waals surface area contributed by atoms with E-state index in [1.54, 1.807) is 35.1 Å². The van der Waals surface area contributed by atoms with Crippen LogP contribution in [0.15, 0.2) is 30.5 Å². The lowest BCUT2D eigenvalue weighted by atomic mass is 10.1. The number of nitrogens with zero attached hydrogens (tertiary/aromatic N) is 2. The molecule has 136 valence electrons. The SMILES string of the molecule is Cn1ncc(C(=O)Nc2ccc(C(=O)NCCC(=O)O)cc2)c1C1CC1. The molecule has 2 amide bonds. The molecular formula is C18H20N4O4. The van der Waals surface area contributed by atoms with Gasteiger partial charge in [0.05, 0.1) is 23.9 Å². The number of carboxylic acid groups (broad SMARTS) is 1. The molecule has 1 aliphatic rings. The van der Waals surface area contributed by atoms with Crippen LogP contribution in [0.1, 0.15) is 51.6 Å². The smallest absolute Gasteiger partial charge is 0.305 e. The molecule has 1 aliphatic carbocycles. The van der Waals surface area contributed by atoms with E-state index in [1.807, 2.05) is 7.05 Å². The van der Waals surface area contributed by atoms with Crippen LogP contribution in [-0.4, -0.2) is 39.2 Å². The molecule has 0 radical (unpaired) electrons. The molecule has 1 fully saturated rings. The van der Waals surface area contributed by atoms with Gasteiger partial charge >= 0.3 is 5.97 Å². The van der Waals surface area contributed by atoms with Gasteiger partial charge in [0.15, 0.2) is 0 Å². The summed E-state index contributed by atoms with van der Waals surface area (Å²) in [7, 11) is 1.84. The predicted octanol–water partition coefficient (Wildman–Crippen LogP) is 1.75. The molecule has 0 atom stereocenters. The number of aromatic nitrogens is 2. The van der Waals surface area contributed by atoms with Gasteiger partial charge in [-0.2, -0.15) is 5.10 Å². The maximum absolute atomic E-state index is 12.5. The minimum atomic E-state index is -0.968. The van der Waals surface area contributed by atoms with Crippen LogP contribution in [0.3, 0.4) is 0 Å². The van der Waals surface area contributed by atoms with Crippen molar-refractivity contribution in [3.63, 3.8) is 0 Å². The maximum atomic E-state index is 12.5. The molecule has 1 aromatic carbocycles. The molecule has 0 unspecified atom stereocenters. The lowest BCUT2D eigenvalue weighted by Gasteiger charge is -2.08. The molecule has 8 heteroatoms. The summed E-state index contributed by atoms with van der Waals surface area (Å²) in [5.74, 6) is -1.14. The maximum Gasteiger partial charge on any atom is 0.305 e. The van der Waals surface area contributed by atoms with Gasteiger partial charge < -0.3 is 15.7 Å². The lowest BCUT2D eigenvalue weighted by molar-refractivity contribution is -0.136. The molecule has 1 aromatic heterocycles. The zero-order valence-corrected chi connectivity index (χ0v) is 14.4. The second-order valence-corrected chi connectivity index (χ2v) is 6.27. The average molecular weight is 356 g/mol. The summed E-state index contributed by atoms with van der Waals surface area (Å²) in [6.45, 7) is 0.0671. The van der Waals surface area contributed by atoms with E-state index in [0.717, 1.165) is 18.5 Å². The van der Waals surface area contributed by atoms with E-state index in [4.69, 9.17) is 5.11 Å². The normalized spacial score (nSPS) is 13.3. The van der Waals surface area contributed by atoms with Gasteiger partial charge in [0, 0.05) is 30.8 Å². The molecule has 0 spiro atoms. The first kappa shape index (κ1) is 17.7. The van der Waals surface area contributed by atoms with Crippen LogP contribution in [0.2, 0.25) is 0 Å². The van der Waals surface area contributed by atoms with Gasteiger partial charge in [-0.05, 0) is 37.1 Å². The van der Waals surface area contributed by atoms with Gasteiger partial charge in [0.25, 0.3) is 11.8 Å². The number of carbonyl (C=O) groups is 3. The molecule has 26 heavy (non-hydrogen) atoms. The van der Waals surface area contributed by atoms with Crippen molar-refractivity contribution in [2.45, 2.75) is 25.2 Å². The van der Waals surface area contributed by atoms with E-state index >= 15 is 0 Å². The number of amides is 2. The molecule has 2 aromatic rings. The summed E-state index contributed by atoms with van der Waals surface area (Å²) in [4.78, 5) is 34.9. The topological polar surface area (TPSA) is 113 Å². The summed E-state index contributed by atoms with van der Waals surface area (Å²) in [5.41, 5.74) is 2.50. The molecule has 8 nitrogen and oxygen atoms in total. The van der Waals surface area contributed by atoms with Crippen LogP contribution in [0.4, 0.5) is 5.69 Å². The van der Waals surface area contributed by atoms with Gasteiger partial charge in [-0.3, -0.25) is 19.1 Å². The highest BCUT2D eigenvalue weighted by Crippen LogP contribution is 2.41. The number of hydrogen-bond acceptors (Lipinski definition) is 4. The number of carboxylic acids is 1. The Hall–Kier alpha value is -3.16. The number of aliphatic carboxylic acids is 1. The Bertz CT molecular complexity index is 837. The zero-order valence-electron chi connectivity index (χ0n) is 14.4. The highest BCUT2D eigenvalue weighted by molar-refractivity contribution is 6.05. The third-order valence-corrected chi connectivity index (χ3v) is 4.22. The third-order valence-electron chi connectivity index (χ3n) is 4.22. The Morgan fingerprint density at radius 1 is 1.19 bits per heavy atom. The van der Waals surface area contributed by atoms with Crippen molar-refractivity contribution in [3.8, 4) is 0 Å². The standard InChI is InChI=1S/C18H20N4O4/c1-22-16(11-2-3-11)14(10-20-22)18(26)21-13-6-4-12(5-7-13)17(25)19-9-8-15(23)24/h4-7,10-11H,2-3,8-9H2,1H3,(H,19,25)(H,21,26)(H,23,24). The van der Waals surface area contributed by atoms with Crippen LogP contribution in [0.5, 0.6) is 0 Å². The fraction of sp³-hybridized carbons (Fsp3) is 0.333. The summed E-state index contributed by atoms with van der Waals surface area (Å²) in [5, 5.41) is 18.1. The number of rotatable bonds is 7. The molecule has 1 heterocycles. The second kappa shape index (κ2) is 7.38. The summed E-state index contributed by atoms with van der Waals surface area (Å²) < 4.78 is 1.75. The molecule has 3 N–H and O–H groups in total. The van der Waals surface area contributed by atoms with Crippen LogP contribution in [0, 0.1) is 0 Å². The number of carbonyl (C=O) groups excluding carboxylic acids is 2. The van der Waals surface area contributed by atoms with Crippen molar-refractivity contribution < 1.29 is 19.5 Å². The van der Waals surface area contributed by atoms with Crippen molar-refractivity contribution in [2.24, 2.45) is 7.05 Å². The Morgan fingerprint density at radius 3 is 2.50 bits per heavy atom. The Morgan fingerprint density at radius 2 is 1.88 bits per heavy atom. The third kappa shape index (κ3) is 4.08. The Kier molecular flexibility index (Phi) is 5.01. The predicted molar refractivity (Wildman–Crippen MR) is 94.2 cm³/mol. The average Bonchev–Trinajstić information content (AvgIpc) is 3.36. The Balaban J connectivity index is 1.61. The van der Waals surface area contributed by atoms with Gasteiger partial charge in [-0.25, -0.2) is 0 Å². The molecule has 0 saturated heterocycles. The van der Waals surface area contributed by atoms with E-state index in [9.17, 15) is 14.4 Å². The molecule has 0 bridgehead atoms. The first-order valence-corrected chi connectivity index (χ1v) is 8.39. The van der Waals surface area contributed by atoms with Crippen LogP contribution in [-0.2, 0) is 11.8 Å². The van der Waals surface area contributed by atoms with Gasteiger partial charge in [0.2, 0.25) is 0 Å². The summed E-state index contributed by atoms with van der Waals surface area (Å²) >= 11 is 0. The monoisotopic (exact) mass is 356 g/mol. The molecule has 3 rings (SSSR count). The molecule has 0 aliphatic heterocycles. The van der Waals surface area contributed by atoms with Crippen molar-refractivity contribution in [2.75, 3.05) is 11.9 Å². The number of anilines is 1. The van der Waals surface area contributed by atoms with E-state index in [2.05, 4.69) is 15.7 Å². The minimum absolute atomic E-state index is 0.0671. The van der Waals surface area contributed by atoms with Crippen molar-refractivity contribution in [1.82, 2.24) is 15.1 Å². The fourth-order valence-corrected chi connectivity index (χ4v) is 2.75. The molecule has 1 saturated carbocycles. The first-order chi connectivity index (χ1) is 12.5. The quantitative estimate of drug-likeness (QED) is 0.699. The Labute approximate surface area is 150 Å². The number of benzene rings is 1. The number of hydrogen-bond donors (Lipinski definition) is 3. The highest BCUT2D eigenvalue weighted by Gasteiger charge is 2.31. The number of nitrogens with one attached hydrogen (secondary N) is 2. The van der Waals surface area contributed by atoms with E-state index in [0.29, 0.717) is 22.7 Å². The summed E-state index contributed by atoms with van der Waals surface area (Å²) in [6.07, 6.45) is 3.60. The second-order valence-electron chi connectivity index (χ2n) is 6.27. The largest absolute Gasteiger partial charge is 0.481 e.